The van der Waals surface area contributed by atoms with Gasteiger partial charge in [-0.3, -0.25) is 0 Å². The van der Waals surface area contributed by atoms with Crippen LogP contribution < -0.4 is 4.74 Å². The number of rotatable bonds is 7. The van der Waals surface area contributed by atoms with E-state index in [0.717, 1.165) is 31.2 Å². The molecule has 0 amide bonds. The quantitative estimate of drug-likeness (QED) is 0.502. The number of esters is 1. The van der Waals surface area contributed by atoms with Crippen molar-refractivity contribution >= 4 is 5.97 Å². The van der Waals surface area contributed by atoms with E-state index in [0.29, 0.717) is 22.8 Å². The van der Waals surface area contributed by atoms with Gasteiger partial charge >= 0.3 is 5.97 Å². The highest BCUT2D eigenvalue weighted by Crippen LogP contribution is 2.29. The molecule has 3 nitrogen and oxygen atoms in total. The van der Waals surface area contributed by atoms with Gasteiger partial charge in [-0.1, -0.05) is 44.9 Å². The van der Waals surface area contributed by atoms with E-state index in [-0.39, 0.29) is 5.97 Å². The Balaban J connectivity index is 2.23. The van der Waals surface area contributed by atoms with Crippen LogP contribution in [0.5, 0.6) is 5.75 Å². The summed E-state index contributed by atoms with van der Waals surface area (Å²) in [5, 5.41) is 8.83. The van der Waals surface area contributed by atoms with E-state index in [4.69, 9.17) is 10.00 Å². The molecule has 0 radical (unpaired) electrons. The lowest BCUT2D eigenvalue weighted by atomic mass is 9.87. The maximum absolute atomic E-state index is 12.6. The van der Waals surface area contributed by atoms with Gasteiger partial charge in [0.25, 0.3) is 0 Å². The molecule has 0 fully saturated rings. The van der Waals surface area contributed by atoms with Crippen LogP contribution in [-0.4, -0.2) is 5.97 Å². The van der Waals surface area contributed by atoms with Gasteiger partial charge < -0.3 is 4.74 Å². The van der Waals surface area contributed by atoms with Crippen LogP contribution in [0.15, 0.2) is 48.5 Å². The van der Waals surface area contributed by atoms with Gasteiger partial charge in [0.05, 0.1) is 17.2 Å². The highest BCUT2D eigenvalue weighted by molar-refractivity contribution is 5.92. The third-order valence-corrected chi connectivity index (χ3v) is 4.09. The van der Waals surface area contributed by atoms with Crippen LogP contribution in [0.25, 0.3) is 0 Å². The molecular formula is C21H23NO2. The molecule has 2 aromatic rings. The molecule has 2 rings (SSSR count). The number of nitriles is 1. The number of hydrogen-bond acceptors (Lipinski definition) is 3. The number of nitrogens with zero attached hydrogens (tertiary/aromatic N) is 1. The van der Waals surface area contributed by atoms with E-state index in [1.54, 1.807) is 24.3 Å². The SMILES string of the molecule is CCCC(CCC)c1ccccc1C(=O)Oc1ccc(C#N)cc1. The first-order chi connectivity index (χ1) is 11.7. The van der Waals surface area contributed by atoms with Crippen molar-refractivity contribution in [3.63, 3.8) is 0 Å². The largest absolute Gasteiger partial charge is 0.423 e. The molecule has 0 aliphatic carbocycles. The first-order valence-corrected chi connectivity index (χ1v) is 8.50. The highest BCUT2D eigenvalue weighted by Gasteiger charge is 2.19. The maximum Gasteiger partial charge on any atom is 0.343 e. The van der Waals surface area contributed by atoms with Crippen LogP contribution in [-0.2, 0) is 0 Å². The molecule has 124 valence electrons. The van der Waals surface area contributed by atoms with Crippen molar-refractivity contribution < 1.29 is 9.53 Å². The Hall–Kier alpha value is -2.60. The molecular weight excluding hydrogens is 298 g/mol. The third kappa shape index (κ3) is 4.45. The lowest BCUT2D eigenvalue weighted by molar-refractivity contribution is 0.0733. The minimum Gasteiger partial charge on any atom is -0.423 e. The lowest BCUT2D eigenvalue weighted by Gasteiger charge is -2.19. The predicted molar refractivity (Wildman–Crippen MR) is 95.1 cm³/mol. The first-order valence-electron chi connectivity index (χ1n) is 8.50. The molecule has 0 spiro atoms. The zero-order chi connectivity index (χ0) is 17.4. The molecule has 0 atom stereocenters. The van der Waals surface area contributed by atoms with Gasteiger partial charge in [0.15, 0.2) is 0 Å². The molecule has 0 aliphatic rings. The van der Waals surface area contributed by atoms with E-state index >= 15 is 0 Å². The Bertz CT molecular complexity index is 707. The molecule has 0 aromatic heterocycles. The summed E-state index contributed by atoms with van der Waals surface area (Å²) in [7, 11) is 0. The fraction of sp³-hybridized carbons (Fsp3) is 0.333. The monoisotopic (exact) mass is 321 g/mol. The fourth-order valence-electron chi connectivity index (χ4n) is 2.95. The number of hydrogen-bond donors (Lipinski definition) is 0. The summed E-state index contributed by atoms with van der Waals surface area (Å²) in [6, 6.07) is 16.3. The van der Waals surface area contributed by atoms with Crippen molar-refractivity contribution in [2.24, 2.45) is 0 Å². The van der Waals surface area contributed by atoms with Crippen molar-refractivity contribution in [2.75, 3.05) is 0 Å². The summed E-state index contributed by atoms with van der Waals surface area (Å²) in [6.07, 6.45) is 4.30. The van der Waals surface area contributed by atoms with Crippen LogP contribution in [0.3, 0.4) is 0 Å². The molecule has 0 heterocycles. The standard InChI is InChI=1S/C21H23NO2/c1-3-7-17(8-4-2)19-9-5-6-10-20(19)21(23)24-18-13-11-16(15-22)12-14-18/h5-6,9-14,17H,3-4,7-8H2,1-2H3. The van der Waals surface area contributed by atoms with Crippen molar-refractivity contribution in [3.05, 3.63) is 65.2 Å². The Morgan fingerprint density at radius 1 is 1.04 bits per heavy atom. The number of ether oxygens (including phenoxy) is 1. The van der Waals surface area contributed by atoms with Crippen LogP contribution in [0, 0.1) is 11.3 Å². The van der Waals surface area contributed by atoms with Gasteiger partial charge in [-0.2, -0.15) is 5.26 Å². The molecule has 0 unspecified atom stereocenters. The summed E-state index contributed by atoms with van der Waals surface area (Å²) in [5.41, 5.74) is 2.25. The normalized spacial score (nSPS) is 10.4. The van der Waals surface area contributed by atoms with E-state index in [2.05, 4.69) is 19.9 Å². The van der Waals surface area contributed by atoms with Gasteiger partial charge in [-0.05, 0) is 54.7 Å². The Morgan fingerprint density at radius 2 is 1.67 bits per heavy atom. The average molecular weight is 321 g/mol. The smallest absolute Gasteiger partial charge is 0.343 e. The van der Waals surface area contributed by atoms with E-state index in [1.165, 1.54) is 0 Å². The molecule has 0 N–H and O–H groups in total. The van der Waals surface area contributed by atoms with Crippen molar-refractivity contribution in [2.45, 2.75) is 45.4 Å². The van der Waals surface area contributed by atoms with Crippen molar-refractivity contribution in [1.82, 2.24) is 0 Å². The van der Waals surface area contributed by atoms with E-state index in [9.17, 15) is 4.79 Å². The first kappa shape index (κ1) is 17.7. The van der Waals surface area contributed by atoms with Gasteiger partial charge in [-0.25, -0.2) is 4.79 Å². The molecule has 24 heavy (non-hydrogen) atoms. The fourth-order valence-corrected chi connectivity index (χ4v) is 2.95. The third-order valence-electron chi connectivity index (χ3n) is 4.09. The van der Waals surface area contributed by atoms with Gasteiger partial charge in [0.1, 0.15) is 5.75 Å². The van der Waals surface area contributed by atoms with Crippen molar-refractivity contribution in [3.8, 4) is 11.8 Å². The van der Waals surface area contributed by atoms with E-state index < -0.39 is 0 Å². The lowest BCUT2D eigenvalue weighted by Crippen LogP contribution is -2.13. The Morgan fingerprint density at radius 3 is 2.25 bits per heavy atom. The maximum atomic E-state index is 12.6. The van der Waals surface area contributed by atoms with Gasteiger partial charge in [-0.15, -0.1) is 0 Å². The van der Waals surface area contributed by atoms with Crippen LogP contribution in [0.4, 0.5) is 0 Å². The van der Waals surface area contributed by atoms with E-state index in [1.807, 2.05) is 24.3 Å². The second-order valence-corrected chi connectivity index (χ2v) is 5.89. The predicted octanol–water partition coefficient (Wildman–Crippen LogP) is 5.46. The number of benzene rings is 2. The average Bonchev–Trinajstić information content (AvgIpc) is 2.62. The second-order valence-electron chi connectivity index (χ2n) is 5.89. The molecule has 0 aliphatic heterocycles. The summed E-state index contributed by atoms with van der Waals surface area (Å²) < 4.78 is 5.50. The van der Waals surface area contributed by atoms with Gasteiger partial charge in [0, 0.05) is 0 Å². The van der Waals surface area contributed by atoms with Crippen molar-refractivity contribution in [1.29, 1.82) is 5.26 Å². The molecule has 2 aromatic carbocycles. The zero-order valence-corrected chi connectivity index (χ0v) is 14.3. The summed E-state index contributed by atoms with van der Waals surface area (Å²) in [4.78, 5) is 12.6. The van der Waals surface area contributed by atoms with Crippen LogP contribution >= 0.6 is 0 Å². The molecule has 0 saturated heterocycles. The minimum absolute atomic E-state index is 0.340. The highest BCUT2D eigenvalue weighted by atomic mass is 16.5. The zero-order valence-electron chi connectivity index (χ0n) is 14.3. The topological polar surface area (TPSA) is 50.1 Å². The second kappa shape index (κ2) is 8.88. The van der Waals surface area contributed by atoms with Gasteiger partial charge in [0.2, 0.25) is 0 Å². The minimum atomic E-state index is -0.340. The molecule has 0 bridgehead atoms. The Kier molecular flexibility index (Phi) is 6.57. The summed E-state index contributed by atoms with van der Waals surface area (Å²) >= 11 is 0. The molecule has 0 saturated carbocycles. The van der Waals surface area contributed by atoms with Crippen LogP contribution in [0.2, 0.25) is 0 Å². The summed E-state index contributed by atoms with van der Waals surface area (Å²) in [5.74, 6) is 0.494. The number of carbonyl (C=O) groups is 1. The number of carbonyl (C=O) groups excluding carboxylic acids is 1. The summed E-state index contributed by atoms with van der Waals surface area (Å²) in [6.45, 7) is 4.33. The van der Waals surface area contributed by atoms with Crippen LogP contribution in [0.1, 0.15) is 66.9 Å². The molecule has 3 heteroatoms. The Labute approximate surface area is 143 Å².